The van der Waals surface area contributed by atoms with E-state index in [4.69, 9.17) is 21.1 Å². The Kier molecular flexibility index (Phi) is 6.06. The van der Waals surface area contributed by atoms with Crippen molar-refractivity contribution >= 4 is 27.5 Å². The van der Waals surface area contributed by atoms with Crippen molar-refractivity contribution in [1.82, 2.24) is 0 Å². The average Bonchev–Trinajstić information content (AvgIpc) is 2.48. The summed E-state index contributed by atoms with van der Waals surface area (Å²) in [5.41, 5.74) is 1.38. The topological polar surface area (TPSA) is 38.7 Å². The van der Waals surface area contributed by atoms with Gasteiger partial charge in [0, 0.05) is 10.0 Å². The molecule has 2 aromatic rings. The number of aliphatic hydroxyl groups is 1. The molecule has 2 aromatic carbocycles. The highest BCUT2D eigenvalue weighted by atomic mass is 79.9. The predicted molar refractivity (Wildman–Crippen MR) is 87.0 cm³/mol. The van der Waals surface area contributed by atoms with Crippen molar-refractivity contribution in [1.29, 1.82) is 0 Å². The van der Waals surface area contributed by atoms with Gasteiger partial charge in [-0.1, -0.05) is 33.6 Å². The van der Waals surface area contributed by atoms with Crippen molar-refractivity contribution in [2.75, 3.05) is 6.61 Å². The minimum Gasteiger partial charge on any atom is -0.490 e. The monoisotopic (exact) mass is 388 g/mol. The third-order valence-corrected chi connectivity index (χ3v) is 4.07. The van der Waals surface area contributed by atoms with Gasteiger partial charge in [-0.3, -0.25) is 0 Å². The minimum absolute atomic E-state index is 0.106. The van der Waals surface area contributed by atoms with E-state index in [0.717, 1.165) is 4.47 Å². The fourth-order valence-electron chi connectivity index (χ4n) is 1.87. The van der Waals surface area contributed by atoms with E-state index in [9.17, 15) is 9.50 Å². The van der Waals surface area contributed by atoms with Crippen LogP contribution in [0.3, 0.4) is 0 Å². The molecule has 0 saturated carbocycles. The van der Waals surface area contributed by atoms with Crippen LogP contribution >= 0.6 is 27.5 Å². The van der Waals surface area contributed by atoms with Crippen LogP contribution in [0.1, 0.15) is 18.1 Å². The van der Waals surface area contributed by atoms with Crippen LogP contribution in [-0.4, -0.2) is 11.7 Å². The number of hydrogen-bond donors (Lipinski definition) is 1. The lowest BCUT2D eigenvalue weighted by Crippen LogP contribution is -2.02. The molecule has 2 rings (SSSR count). The Morgan fingerprint density at radius 2 is 1.86 bits per heavy atom. The summed E-state index contributed by atoms with van der Waals surface area (Å²) in [4.78, 5) is 0. The zero-order chi connectivity index (χ0) is 16.1. The highest BCUT2D eigenvalue weighted by Crippen LogP contribution is 2.34. The maximum atomic E-state index is 13.0. The van der Waals surface area contributed by atoms with Gasteiger partial charge < -0.3 is 14.6 Å². The molecule has 3 nitrogen and oxygen atoms in total. The van der Waals surface area contributed by atoms with Gasteiger partial charge in [0.25, 0.3) is 0 Å². The van der Waals surface area contributed by atoms with Crippen LogP contribution in [0, 0.1) is 5.82 Å². The van der Waals surface area contributed by atoms with Crippen molar-refractivity contribution < 1.29 is 19.0 Å². The fourth-order valence-corrected chi connectivity index (χ4v) is 2.54. The number of halogens is 3. The quantitative estimate of drug-likeness (QED) is 0.777. The van der Waals surface area contributed by atoms with Crippen LogP contribution in [0.4, 0.5) is 4.39 Å². The van der Waals surface area contributed by atoms with Crippen molar-refractivity contribution in [2.45, 2.75) is 20.1 Å². The Morgan fingerprint density at radius 1 is 1.14 bits per heavy atom. The van der Waals surface area contributed by atoms with Gasteiger partial charge >= 0.3 is 0 Å². The Balaban J connectivity index is 2.22. The Labute approximate surface area is 141 Å². The molecule has 22 heavy (non-hydrogen) atoms. The van der Waals surface area contributed by atoms with E-state index in [1.165, 1.54) is 12.1 Å². The van der Waals surface area contributed by atoms with Crippen LogP contribution in [-0.2, 0) is 13.2 Å². The molecule has 6 heteroatoms. The van der Waals surface area contributed by atoms with Crippen molar-refractivity contribution in [3.8, 4) is 11.5 Å². The van der Waals surface area contributed by atoms with Crippen molar-refractivity contribution in [2.24, 2.45) is 0 Å². The molecule has 0 atom stereocenters. The second-order valence-corrected chi connectivity index (χ2v) is 5.77. The van der Waals surface area contributed by atoms with Crippen LogP contribution < -0.4 is 9.47 Å². The second kappa shape index (κ2) is 7.81. The van der Waals surface area contributed by atoms with E-state index in [-0.39, 0.29) is 13.2 Å². The molecular weight excluding hydrogens is 375 g/mol. The third-order valence-electron chi connectivity index (χ3n) is 2.98. The molecule has 0 amide bonds. The highest BCUT2D eigenvalue weighted by Gasteiger charge is 2.11. The number of benzene rings is 2. The number of aliphatic hydroxyl groups excluding tert-OH is 1. The van der Waals surface area contributed by atoms with Gasteiger partial charge in [-0.05, 0) is 36.8 Å². The van der Waals surface area contributed by atoms with E-state index < -0.39 is 5.82 Å². The molecule has 0 aliphatic rings. The molecule has 0 aromatic heterocycles. The third kappa shape index (κ3) is 4.12. The lowest BCUT2D eigenvalue weighted by atomic mass is 10.2. The summed E-state index contributed by atoms with van der Waals surface area (Å²) in [6, 6.07) is 7.60. The lowest BCUT2D eigenvalue weighted by molar-refractivity contribution is 0.263. The number of hydrogen-bond acceptors (Lipinski definition) is 3. The molecule has 0 radical (unpaired) electrons. The van der Waals surface area contributed by atoms with Gasteiger partial charge in [0.1, 0.15) is 12.4 Å². The van der Waals surface area contributed by atoms with Gasteiger partial charge in [0.15, 0.2) is 11.5 Å². The summed E-state index contributed by atoms with van der Waals surface area (Å²) < 4.78 is 25.0. The van der Waals surface area contributed by atoms with E-state index >= 15 is 0 Å². The largest absolute Gasteiger partial charge is 0.490 e. The van der Waals surface area contributed by atoms with Gasteiger partial charge in [0.05, 0.1) is 18.2 Å². The van der Waals surface area contributed by atoms with E-state index in [2.05, 4.69) is 15.9 Å². The summed E-state index contributed by atoms with van der Waals surface area (Å²) in [6.45, 7) is 2.41. The molecule has 1 N–H and O–H groups in total. The summed E-state index contributed by atoms with van der Waals surface area (Å²) in [7, 11) is 0. The zero-order valence-electron chi connectivity index (χ0n) is 11.9. The van der Waals surface area contributed by atoms with E-state index in [0.29, 0.717) is 34.3 Å². The second-order valence-electron chi connectivity index (χ2n) is 4.51. The Hall–Kier alpha value is -1.30. The fraction of sp³-hybridized carbons (Fsp3) is 0.250. The van der Waals surface area contributed by atoms with Crippen LogP contribution in [0.25, 0.3) is 0 Å². The van der Waals surface area contributed by atoms with Crippen LogP contribution in [0.2, 0.25) is 5.02 Å². The first-order chi connectivity index (χ1) is 10.5. The molecule has 0 bridgehead atoms. The molecular formula is C16H15BrClFO3. The Morgan fingerprint density at radius 3 is 2.50 bits per heavy atom. The molecule has 0 aliphatic heterocycles. The molecule has 0 saturated heterocycles. The first kappa shape index (κ1) is 17.1. The first-order valence-corrected chi connectivity index (χ1v) is 7.85. The molecule has 0 unspecified atom stereocenters. The van der Waals surface area contributed by atoms with E-state index in [1.807, 2.05) is 6.92 Å². The van der Waals surface area contributed by atoms with Crippen LogP contribution in [0.15, 0.2) is 34.8 Å². The average molecular weight is 390 g/mol. The van der Waals surface area contributed by atoms with E-state index in [1.54, 1.807) is 18.2 Å². The first-order valence-electron chi connectivity index (χ1n) is 6.68. The number of rotatable bonds is 6. The zero-order valence-corrected chi connectivity index (χ0v) is 14.2. The molecule has 118 valence electrons. The van der Waals surface area contributed by atoms with Crippen molar-refractivity contribution in [3.05, 3.63) is 56.8 Å². The maximum Gasteiger partial charge on any atom is 0.162 e. The predicted octanol–water partition coefficient (Wildman–Crippen LogP) is 4.71. The normalized spacial score (nSPS) is 10.6. The summed E-state index contributed by atoms with van der Waals surface area (Å²) in [5, 5.41) is 9.60. The molecule has 0 heterocycles. The highest BCUT2D eigenvalue weighted by molar-refractivity contribution is 9.10. The molecule has 0 spiro atoms. The molecule has 0 aliphatic carbocycles. The summed E-state index contributed by atoms with van der Waals surface area (Å²) in [5.74, 6) is 0.665. The van der Waals surface area contributed by atoms with Crippen molar-refractivity contribution in [3.63, 3.8) is 0 Å². The van der Waals surface area contributed by atoms with Gasteiger partial charge in [-0.2, -0.15) is 0 Å². The summed E-state index contributed by atoms with van der Waals surface area (Å²) in [6.07, 6.45) is 0. The SMILES string of the molecule is CCOc1cc(CO)c(Br)cc1OCc1ccc(F)cc1Cl. The van der Waals surface area contributed by atoms with Gasteiger partial charge in [-0.15, -0.1) is 0 Å². The smallest absolute Gasteiger partial charge is 0.162 e. The standard InChI is InChI=1S/C16H15BrClFO3/c1-2-21-15-5-11(8-20)13(17)7-16(15)22-9-10-3-4-12(19)6-14(10)18/h3-7,20H,2,8-9H2,1H3. The van der Waals surface area contributed by atoms with Crippen LogP contribution in [0.5, 0.6) is 11.5 Å². The maximum absolute atomic E-state index is 13.0. The lowest BCUT2D eigenvalue weighted by Gasteiger charge is -2.15. The summed E-state index contributed by atoms with van der Waals surface area (Å²) >= 11 is 9.35. The number of ether oxygens (including phenoxy) is 2. The van der Waals surface area contributed by atoms with Gasteiger partial charge in [-0.25, -0.2) is 4.39 Å². The Bertz CT molecular complexity index is 664. The molecule has 0 fully saturated rings. The minimum atomic E-state index is -0.390. The van der Waals surface area contributed by atoms with Gasteiger partial charge in [0.2, 0.25) is 0 Å².